The molecule has 1 aliphatic heterocycles. The van der Waals surface area contributed by atoms with Crippen LogP contribution in [0.4, 0.5) is 0 Å². The Morgan fingerprint density at radius 2 is 1.60 bits per heavy atom. The van der Waals surface area contributed by atoms with Crippen molar-refractivity contribution in [2.24, 2.45) is 0 Å². The van der Waals surface area contributed by atoms with Crippen LogP contribution in [0.2, 0.25) is 0 Å². The number of para-hydroxylation sites is 1. The monoisotopic (exact) mass is 492 g/mol. The second-order valence-electron chi connectivity index (χ2n) is 8.52. The third-order valence-electron chi connectivity index (χ3n) is 6.50. The molecule has 2 atom stereocenters. The molecule has 0 aromatic heterocycles. The van der Waals surface area contributed by atoms with E-state index in [4.69, 9.17) is 26.4 Å². The number of likely N-dealkylation sites (tertiary alicyclic amines) is 1. The van der Waals surface area contributed by atoms with Crippen LogP contribution < -0.4 is 14.8 Å². The Morgan fingerprint density at radius 1 is 0.971 bits per heavy atom. The van der Waals surface area contributed by atoms with Crippen LogP contribution in [0.25, 0.3) is 0 Å². The van der Waals surface area contributed by atoms with Crippen LogP contribution in [0.5, 0.6) is 11.5 Å². The Balaban J connectivity index is 1.89. The van der Waals surface area contributed by atoms with E-state index >= 15 is 0 Å². The standard InChI is InChI=1S/C28H32N2O4S/c1-29-27(35)30-18-23(31)17-22(30)19-34-28(20-11-6-4-7-12-20,21-13-8-5-9-14-21)24-15-10-16-25(32-2)26(24)33-3/h4-16,22-23,31H,17-19H2,1-3H3,(H,29,35). The van der Waals surface area contributed by atoms with Crippen LogP contribution in [0.1, 0.15) is 23.1 Å². The lowest BCUT2D eigenvalue weighted by Crippen LogP contribution is -2.45. The number of hydrogen-bond acceptors (Lipinski definition) is 5. The summed E-state index contributed by atoms with van der Waals surface area (Å²) >= 11 is 5.52. The van der Waals surface area contributed by atoms with E-state index in [0.29, 0.717) is 36.2 Å². The number of β-amino-alcohol motifs (C(OH)–C–C–N with tert-alkyl or cyclic N) is 1. The highest BCUT2D eigenvalue weighted by Crippen LogP contribution is 2.47. The van der Waals surface area contributed by atoms with Crippen molar-refractivity contribution in [3.05, 3.63) is 95.6 Å². The molecule has 0 bridgehead atoms. The number of hydrogen-bond donors (Lipinski definition) is 2. The second-order valence-corrected chi connectivity index (χ2v) is 8.90. The minimum Gasteiger partial charge on any atom is -0.493 e. The highest BCUT2D eigenvalue weighted by molar-refractivity contribution is 7.80. The lowest BCUT2D eigenvalue weighted by molar-refractivity contribution is -0.00929. The first-order valence-corrected chi connectivity index (χ1v) is 12.1. The summed E-state index contributed by atoms with van der Waals surface area (Å²) < 4.78 is 18.6. The van der Waals surface area contributed by atoms with Gasteiger partial charge in [0, 0.05) is 19.2 Å². The van der Waals surface area contributed by atoms with Gasteiger partial charge < -0.3 is 29.5 Å². The predicted molar refractivity (Wildman–Crippen MR) is 141 cm³/mol. The number of thiocarbonyl (C=S) groups is 1. The molecular weight excluding hydrogens is 460 g/mol. The van der Waals surface area contributed by atoms with E-state index in [-0.39, 0.29) is 6.04 Å². The highest BCUT2D eigenvalue weighted by atomic mass is 32.1. The molecule has 1 saturated heterocycles. The lowest BCUT2D eigenvalue weighted by Gasteiger charge is -2.38. The Kier molecular flexibility index (Phi) is 7.90. The molecule has 7 heteroatoms. The number of aliphatic hydroxyl groups excluding tert-OH is 1. The number of nitrogens with zero attached hydrogens (tertiary/aromatic N) is 1. The van der Waals surface area contributed by atoms with Crippen LogP contribution in [0, 0.1) is 0 Å². The Morgan fingerprint density at radius 3 is 2.14 bits per heavy atom. The van der Waals surface area contributed by atoms with Gasteiger partial charge >= 0.3 is 0 Å². The zero-order valence-corrected chi connectivity index (χ0v) is 21.1. The van der Waals surface area contributed by atoms with E-state index in [2.05, 4.69) is 29.6 Å². The fraction of sp³-hybridized carbons (Fsp3) is 0.321. The predicted octanol–water partition coefficient (Wildman–Crippen LogP) is 3.95. The van der Waals surface area contributed by atoms with E-state index in [1.807, 2.05) is 59.5 Å². The van der Waals surface area contributed by atoms with Gasteiger partial charge in [-0.15, -0.1) is 0 Å². The molecule has 4 rings (SSSR count). The number of nitrogens with one attached hydrogen (secondary N) is 1. The van der Waals surface area contributed by atoms with Crippen LogP contribution in [0.3, 0.4) is 0 Å². The zero-order valence-electron chi connectivity index (χ0n) is 20.3. The van der Waals surface area contributed by atoms with Gasteiger partial charge in [0.1, 0.15) is 5.60 Å². The first-order chi connectivity index (χ1) is 17.0. The molecule has 2 N–H and O–H groups in total. The summed E-state index contributed by atoms with van der Waals surface area (Å²) in [5.74, 6) is 1.23. The van der Waals surface area contributed by atoms with Crippen LogP contribution in [-0.2, 0) is 10.3 Å². The molecule has 3 aromatic rings. The Labute approximate surface area is 212 Å². The molecule has 0 radical (unpaired) electrons. The van der Waals surface area contributed by atoms with Crippen molar-refractivity contribution in [3.63, 3.8) is 0 Å². The molecule has 3 aromatic carbocycles. The van der Waals surface area contributed by atoms with Crippen LogP contribution in [-0.4, -0.2) is 61.7 Å². The van der Waals surface area contributed by atoms with Gasteiger partial charge in [-0.1, -0.05) is 72.8 Å². The van der Waals surface area contributed by atoms with Crippen molar-refractivity contribution in [1.82, 2.24) is 10.2 Å². The van der Waals surface area contributed by atoms with Crippen molar-refractivity contribution < 1.29 is 19.3 Å². The van der Waals surface area contributed by atoms with E-state index in [9.17, 15) is 5.11 Å². The fourth-order valence-electron chi connectivity index (χ4n) is 4.90. The summed E-state index contributed by atoms with van der Waals surface area (Å²) in [7, 11) is 5.07. The third kappa shape index (κ3) is 4.85. The Bertz CT molecular complexity index is 1090. The normalized spacial score (nSPS) is 17.8. The SMILES string of the molecule is CNC(=S)N1CC(O)CC1COC(c1ccccc1)(c1ccccc1)c1cccc(OC)c1OC. The van der Waals surface area contributed by atoms with E-state index in [1.165, 1.54) is 0 Å². The summed E-state index contributed by atoms with van der Waals surface area (Å²) in [5.41, 5.74) is 1.75. The smallest absolute Gasteiger partial charge is 0.169 e. The summed E-state index contributed by atoms with van der Waals surface area (Å²) in [6, 6.07) is 26.0. The van der Waals surface area contributed by atoms with Crippen molar-refractivity contribution in [1.29, 1.82) is 0 Å². The second kappa shape index (κ2) is 11.1. The van der Waals surface area contributed by atoms with Gasteiger partial charge in [0.2, 0.25) is 0 Å². The number of ether oxygens (including phenoxy) is 3. The fourth-order valence-corrected chi connectivity index (χ4v) is 5.12. The molecule has 0 saturated carbocycles. The van der Waals surface area contributed by atoms with Crippen LogP contribution >= 0.6 is 12.2 Å². The van der Waals surface area contributed by atoms with Gasteiger partial charge in [0.05, 0.1) is 33.0 Å². The van der Waals surface area contributed by atoms with Gasteiger partial charge in [-0.25, -0.2) is 0 Å². The summed E-state index contributed by atoms with van der Waals surface area (Å²) in [6.45, 7) is 0.808. The highest BCUT2D eigenvalue weighted by Gasteiger charge is 2.43. The van der Waals surface area contributed by atoms with E-state index in [0.717, 1.165) is 16.7 Å². The van der Waals surface area contributed by atoms with Crippen molar-refractivity contribution in [3.8, 4) is 11.5 Å². The molecule has 1 aliphatic rings. The maximum atomic E-state index is 10.4. The summed E-state index contributed by atoms with van der Waals surface area (Å²) in [6.07, 6.45) is 0.0978. The minimum atomic E-state index is -0.997. The molecular formula is C28H32N2O4S. The molecule has 0 aliphatic carbocycles. The molecule has 1 heterocycles. The maximum Gasteiger partial charge on any atom is 0.169 e. The van der Waals surface area contributed by atoms with Gasteiger partial charge in [-0.3, -0.25) is 0 Å². The lowest BCUT2D eigenvalue weighted by atomic mass is 9.79. The average molecular weight is 493 g/mol. The number of methoxy groups -OCH3 is 2. The molecule has 0 spiro atoms. The number of aliphatic hydroxyl groups is 1. The van der Waals surface area contributed by atoms with E-state index < -0.39 is 11.7 Å². The molecule has 35 heavy (non-hydrogen) atoms. The molecule has 2 unspecified atom stereocenters. The minimum absolute atomic E-state index is 0.0895. The zero-order chi connectivity index (χ0) is 24.8. The molecule has 6 nitrogen and oxygen atoms in total. The first kappa shape index (κ1) is 25.0. The van der Waals surface area contributed by atoms with Gasteiger partial charge in [0.25, 0.3) is 0 Å². The number of benzene rings is 3. The Hall–Kier alpha value is -3.13. The van der Waals surface area contributed by atoms with Crippen molar-refractivity contribution in [2.75, 3.05) is 34.4 Å². The van der Waals surface area contributed by atoms with E-state index in [1.54, 1.807) is 21.3 Å². The average Bonchev–Trinajstić information content (AvgIpc) is 3.29. The van der Waals surface area contributed by atoms with Crippen LogP contribution in [0.15, 0.2) is 78.9 Å². The third-order valence-corrected chi connectivity index (χ3v) is 6.94. The van der Waals surface area contributed by atoms with Gasteiger partial charge in [-0.2, -0.15) is 0 Å². The molecule has 184 valence electrons. The topological polar surface area (TPSA) is 63.2 Å². The van der Waals surface area contributed by atoms with Gasteiger partial charge in [-0.05, 0) is 35.8 Å². The first-order valence-electron chi connectivity index (χ1n) is 11.7. The van der Waals surface area contributed by atoms with Crippen molar-refractivity contribution >= 4 is 17.3 Å². The van der Waals surface area contributed by atoms with Gasteiger partial charge in [0.15, 0.2) is 16.6 Å². The maximum absolute atomic E-state index is 10.4. The summed E-state index contributed by atoms with van der Waals surface area (Å²) in [5, 5.41) is 14.1. The molecule has 0 amide bonds. The molecule has 1 fully saturated rings. The largest absolute Gasteiger partial charge is 0.493 e. The van der Waals surface area contributed by atoms with Crippen molar-refractivity contribution in [2.45, 2.75) is 24.2 Å². The summed E-state index contributed by atoms with van der Waals surface area (Å²) in [4.78, 5) is 2.00. The number of rotatable bonds is 8. The quantitative estimate of drug-likeness (QED) is 0.365.